The van der Waals surface area contributed by atoms with Crippen LogP contribution >= 0.6 is 15.9 Å². The van der Waals surface area contributed by atoms with Crippen molar-refractivity contribution in [1.29, 1.82) is 0 Å². The number of hydrogen-bond acceptors (Lipinski definition) is 3. The summed E-state index contributed by atoms with van der Waals surface area (Å²) in [6, 6.07) is 13.2. The van der Waals surface area contributed by atoms with Crippen molar-refractivity contribution in [3.05, 3.63) is 58.8 Å². The average molecular weight is 349 g/mol. The van der Waals surface area contributed by atoms with Crippen LogP contribution in [0.15, 0.2) is 53.1 Å². The zero-order valence-corrected chi connectivity index (χ0v) is 13.3. The second-order valence-electron chi connectivity index (χ2n) is 4.57. The molecule has 1 N–H and O–H groups in total. The summed E-state index contributed by atoms with van der Waals surface area (Å²) < 4.78 is 6.53. The summed E-state index contributed by atoms with van der Waals surface area (Å²) in [5, 5.41) is 2.85. The Labute approximate surface area is 132 Å². The molecule has 1 atom stereocenters. The van der Waals surface area contributed by atoms with E-state index in [-0.39, 0.29) is 11.8 Å². The third-order valence-electron chi connectivity index (χ3n) is 2.99. The molecule has 1 amide bonds. The number of ether oxygens (including phenoxy) is 1. The summed E-state index contributed by atoms with van der Waals surface area (Å²) in [7, 11) is 0. The number of pyridine rings is 1. The van der Waals surface area contributed by atoms with Crippen molar-refractivity contribution >= 4 is 21.8 Å². The molecule has 21 heavy (non-hydrogen) atoms. The minimum Gasteiger partial charge on any atom is -0.492 e. The van der Waals surface area contributed by atoms with Crippen molar-refractivity contribution < 1.29 is 9.53 Å². The summed E-state index contributed by atoms with van der Waals surface area (Å²) in [4.78, 5) is 16.2. The molecule has 4 nitrogen and oxygen atoms in total. The Kier molecular flexibility index (Phi) is 5.75. The number of carbonyl (C=O) groups is 1. The molecule has 5 heteroatoms. The zero-order valence-electron chi connectivity index (χ0n) is 11.8. The molecule has 0 aliphatic carbocycles. The molecule has 1 aromatic heterocycles. The lowest BCUT2D eigenvalue weighted by Gasteiger charge is -2.12. The largest absolute Gasteiger partial charge is 0.492 e. The standard InChI is InChI=1S/C16H17BrN2O2/c1-12(15-7-2-3-8-18-15)16(20)19-9-10-21-14-6-4-5-13(17)11-14/h2-8,11-12H,9-10H2,1H3,(H,19,20). The summed E-state index contributed by atoms with van der Waals surface area (Å²) in [5.41, 5.74) is 0.767. The van der Waals surface area contributed by atoms with Crippen LogP contribution in [0.5, 0.6) is 5.75 Å². The minimum absolute atomic E-state index is 0.0495. The van der Waals surface area contributed by atoms with Crippen molar-refractivity contribution in [3.8, 4) is 5.75 Å². The Morgan fingerprint density at radius 3 is 2.90 bits per heavy atom. The van der Waals surface area contributed by atoms with Crippen molar-refractivity contribution in [3.63, 3.8) is 0 Å². The van der Waals surface area contributed by atoms with Crippen LogP contribution in [0.2, 0.25) is 0 Å². The van der Waals surface area contributed by atoms with E-state index in [1.165, 1.54) is 0 Å². The summed E-state index contributed by atoms with van der Waals surface area (Å²) in [6.45, 7) is 2.73. The normalized spacial score (nSPS) is 11.7. The lowest BCUT2D eigenvalue weighted by Crippen LogP contribution is -2.31. The molecular formula is C16H17BrN2O2. The number of nitrogens with one attached hydrogen (secondary N) is 1. The highest BCUT2D eigenvalue weighted by Crippen LogP contribution is 2.17. The fourth-order valence-corrected chi connectivity index (χ4v) is 2.20. The summed E-state index contributed by atoms with van der Waals surface area (Å²) in [6.07, 6.45) is 1.69. The van der Waals surface area contributed by atoms with Gasteiger partial charge in [0.25, 0.3) is 0 Å². The van der Waals surface area contributed by atoms with Crippen LogP contribution in [-0.2, 0) is 4.79 Å². The zero-order chi connectivity index (χ0) is 15.1. The lowest BCUT2D eigenvalue weighted by atomic mass is 10.1. The van der Waals surface area contributed by atoms with Crippen LogP contribution < -0.4 is 10.1 Å². The van der Waals surface area contributed by atoms with E-state index in [9.17, 15) is 4.79 Å². The Morgan fingerprint density at radius 2 is 2.19 bits per heavy atom. The monoisotopic (exact) mass is 348 g/mol. The van der Waals surface area contributed by atoms with Gasteiger partial charge in [0.05, 0.1) is 18.2 Å². The molecule has 1 aromatic carbocycles. The van der Waals surface area contributed by atoms with E-state index in [0.29, 0.717) is 13.2 Å². The fourth-order valence-electron chi connectivity index (χ4n) is 1.82. The van der Waals surface area contributed by atoms with Crippen LogP contribution in [-0.4, -0.2) is 24.0 Å². The van der Waals surface area contributed by atoms with Crippen molar-refractivity contribution in [2.75, 3.05) is 13.2 Å². The highest BCUT2D eigenvalue weighted by Gasteiger charge is 2.15. The van der Waals surface area contributed by atoms with E-state index in [1.54, 1.807) is 6.20 Å². The predicted molar refractivity (Wildman–Crippen MR) is 85.3 cm³/mol. The second-order valence-corrected chi connectivity index (χ2v) is 5.49. The number of amides is 1. The average Bonchev–Trinajstić information content (AvgIpc) is 2.51. The van der Waals surface area contributed by atoms with Gasteiger partial charge in [0.15, 0.2) is 0 Å². The molecule has 2 aromatic rings. The van der Waals surface area contributed by atoms with E-state index in [1.807, 2.05) is 49.4 Å². The van der Waals surface area contributed by atoms with Crippen LogP contribution in [0, 0.1) is 0 Å². The molecule has 0 aliphatic rings. The molecule has 0 bridgehead atoms. The first-order valence-electron chi connectivity index (χ1n) is 6.74. The number of halogens is 1. The van der Waals surface area contributed by atoms with Crippen molar-refractivity contribution in [1.82, 2.24) is 10.3 Å². The fraction of sp³-hybridized carbons (Fsp3) is 0.250. The van der Waals surface area contributed by atoms with E-state index in [2.05, 4.69) is 26.2 Å². The van der Waals surface area contributed by atoms with Crippen LogP contribution in [0.25, 0.3) is 0 Å². The van der Waals surface area contributed by atoms with Gasteiger partial charge in [-0.05, 0) is 37.3 Å². The smallest absolute Gasteiger partial charge is 0.228 e. The van der Waals surface area contributed by atoms with E-state index in [4.69, 9.17) is 4.74 Å². The number of carbonyl (C=O) groups excluding carboxylic acids is 1. The van der Waals surface area contributed by atoms with Gasteiger partial charge in [0.2, 0.25) is 5.91 Å². The molecule has 0 spiro atoms. The number of rotatable bonds is 6. The molecular weight excluding hydrogens is 332 g/mol. The highest BCUT2D eigenvalue weighted by atomic mass is 79.9. The van der Waals surface area contributed by atoms with Gasteiger partial charge in [-0.2, -0.15) is 0 Å². The van der Waals surface area contributed by atoms with Gasteiger partial charge in [-0.25, -0.2) is 0 Å². The summed E-state index contributed by atoms with van der Waals surface area (Å²) >= 11 is 3.38. The van der Waals surface area contributed by atoms with Gasteiger partial charge in [-0.3, -0.25) is 9.78 Å². The first-order chi connectivity index (χ1) is 10.2. The third-order valence-corrected chi connectivity index (χ3v) is 3.48. The van der Waals surface area contributed by atoms with E-state index in [0.717, 1.165) is 15.9 Å². The van der Waals surface area contributed by atoms with Gasteiger partial charge in [0.1, 0.15) is 12.4 Å². The lowest BCUT2D eigenvalue weighted by molar-refractivity contribution is -0.122. The molecule has 0 radical (unpaired) electrons. The Morgan fingerprint density at radius 1 is 1.33 bits per heavy atom. The minimum atomic E-state index is -0.267. The van der Waals surface area contributed by atoms with Gasteiger partial charge < -0.3 is 10.1 Å². The first-order valence-corrected chi connectivity index (χ1v) is 7.53. The molecule has 1 unspecified atom stereocenters. The molecule has 1 heterocycles. The second kappa shape index (κ2) is 7.78. The van der Waals surface area contributed by atoms with Gasteiger partial charge >= 0.3 is 0 Å². The number of benzene rings is 1. The van der Waals surface area contributed by atoms with Crippen LogP contribution in [0.4, 0.5) is 0 Å². The Bertz CT molecular complexity index is 590. The quantitative estimate of drug-likeness (QED) is 0.816. The highest BCUT2D eigenvalue weighted by molar-refractivity contribution is 9.10. The Balaban J connectivity index is 1.74. The first kappa shape index (κ1) is 15.5. The third kappa shape index (κ3) is 4.86. The number of hydrogen-bond donors (Lipinski definition) is 1. The maximum Gasteiger partial charge on any atom is 0.228 e. The molecule has 0 saturated heterocycles. The summed E-state index contributed by atoms with van der Waals surface area (Å²) in [5.74, 6) is 0.458. The van der Waals surface area contributed by atoms with Crippen molar-refractivity contribution in [2.24, 2.45) is 0 Å². The Hall–Kier alpha value is -1.88. The maximum absolute atomic E-state index is 12.0. The molecule has 0 fully saturated rings. The number of nitrogens with zero attached hydrogens (tertiary/aromatic N) is 1. The number of aromatic nitrogens is 1. The van der Waals surface area contributed by atoms with E-state index >= 15 is 0 Å². The molecule has 0 aliphatic heterocycles. The topological polar surface area (TPSA) is 51.2 Å². The van der Waals surface area contributed by atoms with Crippen LogP contribution in [0.3, 0.4) is 0 Å². The van der Waals surface area contributed by atoms with E-state index < -0.39 is 0 Å². The molecule has 0 saturated carbocycles. The molecule has 110 valence electrons. The van der Waals surface area contributed by atoms with Crippen LogP contribution in [0.1, 0.15) is 18.5 Å². The van der Waals surface area contributed by atoms with Gasteiger partial charge in [-0.15, -0.1) is 0 Å². The maximum atomic E-state index is 12.0. The van der Waals surface area contributed by atoms with Crippen molar-refractivity contribution in [2.45, 2.75) is 12.8 Å². The SMILES string of the molecule is CC(C(=O)NCCOc1cccc(Br)c1)c1ccccn1. The molecule has 2 rings (SSSR count). The predicted octanol–water partition coefficient (Wildman–Crippen LogP) is 3.14. The van der Waals surface area contributed by atoms with Gasteiger partial charge in [0, 0.05) is 10.7 Å². The van der Waals surface area contributed by atoms with Gasteiger partial charge in [-0.1, -0.05) is 28.1 Å².